The maximum Gasteiger partial charge on any atom is 0.225 e. The van der Waals surface area contributed by atoms with E-state index in [4.69, 9.17) is 9.47 Å². The standard InChI is InChI=1S/C21H34N4O3/c1-6-11-28-18-8-7-16(12-19(18)27-5)13-23-21(22-4)24-17-9-10-25(14-17)20(26)15(2)3/h7-8,12,15,17H,6,9-11,13-14H2,1-5H3,(H2,22,23,24). The highest BCUT2D eigenvalue weighted by Crippen LogP contribution is 2.28. The number of likely N-dealkylation sites (tertiary alicyclic amines) is 1. The van der Waals surface area contributed by atoms with E-state index in [-0.39, 0.29) is 17.9 Å². The summed E-state index contributed by atoms with van der Waals surface area (Å²) >= 11 is 0. The van der Waals surface area contributed by atoms with Crippen molar-refractivity contribution in [3.8, 4) is 11.5 Å². The van der Waals surface area contributed by atoms with E-state index in [1.807, 2.05) is 36.9 Å². The van der Waals surface area contributed by atoms with Crippen molar-refractivity contribution in [3.05, 3.63) is 23.8 Å². The van der Waals surface area contributed by atoms with Crippen molar-refractivity contribution in [2.24, 2.45) is 10.9 Å². The molecule has 1 aliphatic heterocycles. The predicted molar refractivity (Wildman–Crippen MR) is 112 cm³/mol. The molecule has 1 aromatic rings. The molecule has 7 heteroatoms. The van der Waals surface area contributed by atoms with Gasteiger partial charge in [0.2, 0.25) is 5.91 Å². The number of rotatable bonds is 8. The molecule has 0 bridgehead atoms. The average molecular weight is 391 g/mol. The molecule has 2 rings (SSSR count). The number of carbonyl (C=O) groups is 1. The van der Waals surface area contributed by atoms with Crippen LogP contribution in [-0.4, -0.2) is 56.7 Å². The van der Waals surface area contributed by atoms with Gasteiger partial charge in [0, 0.05) is 38.6 Å². The number of benzene rings is 1. The maximum atomic E-state index is 12.1. The van der Waals surface area contributed by atoms with Crippen LogP contribution in [0.15, 0.2) is 23.2 Å². The summed E-state index contributed by atoms with van der Waals surface area (Å²) in [4.78, 5) is 18.4. The fourth-order valence-corrected chi connectivity index (χ4v) is 3.17. The molecule has 7 nitrogen and oxygen atoms in total. The normalized spacial score (nSPS) is 17.0. The van der Waals surface area contributed by atoms with Crippen molar-refractivity contribution >= 4 is 11.9 Å². The Balaban J connectivity index is 1.88. The molecule has 1 atom stereocenters. The molecule has 1 amide bonds. The van der Waals surface area contributed by atoms with Crippen LogP contribution in [0.5, 0.6) is 11.5 Å². The van der Waals surface area contributed by atoms with Crippen molar-refractivity contribution in [2.75, 3.05) is 33.9 Å². The van der Waals surface area contributed by atoms with Gasteiger partial charge in [-0.1, -0.05) is 26.8 Å². The van der Waals surface area contributed by atoms with Gasteiger partial charge in [0.25, 0.3) is 0 Å². The van der Waals surface area contributed by atoms with Crippen LogP contribution in [0, 0.1) is 5.92 Å². The second kappa shape index (κ2) is 10.8. The number of nitrogens with zero attached hydrogens (tertiary/aromatic N) is 2. The van der Waals surface area contributed by atoms with Crippen LogP contribution < -0.4 is 20.1 Å². The SMILES string of the molecule is CCCOc1ccc(CNC(=NC)NC2CCN(C(=O)C(C)C)C2)cc1OC. The summed E-state index contributed by atoms with van der Waals surface area (Å²) < 4.78 is 11.1. The van der Waals surface area contributed by atoms with Crippen molar-refractivity contribution in [1.82, 2.24) is 15.5 Å². The fourth-order valence-electron chi connectivity index (χ4n) is 3.17. The number of ether oxygens (including phenoxy) is 2. The third-order valence-electron chi connectivity index (χ3n) is 4.71. The summed E-state index contributed by atoms with van der Waals surface area (Å²) in [6.45, 7) is 8.75. The molecule has 0 radical (unpaired) electrons. The number of guanidine groups is 1. The number of amides is 1. The second-order valence-corrected chi connectivity index (χ2v) is 7.33. The fraction of sp³-hybridized carbons (Fsp3) is 0.619. The first kappa shape index (κ1) is 21.9. The number of methoxy groups -OCH3 is 1. The van der Waals surface area contributed by atoms with Gasteiger partial charge in [-0.3, -0.25) is 9.79 Å². The van der Waals surface area contributed by atoms with Crippen molar-refractivity contribution in [3.63, 3.8) is 0 Å². The molecule has 1 aromatic carbocycles. The first-order valence-corrected chi connectivity index (χ1v) is 10.0. The maximum absolute atomic E-state index is 12.1. The minimum absolute atomic E-state index is 0.0374. The zero-order valence-electron chi connectivity index (χ0n) is 17.7. The monoisotopic (exact) mass is 390 g/mol. The Morgan fingerprint density at radius 3 is 2.79 bits per heavy atom. The molecular weight excluding hydrogens is 356 g/mol. The van der Waals surface area contributed by atoms with E-state index < -0.39 is 0 Å². The van der Waals surface area contributed by atoms with E-state index in [0.717, 1.165) is 49.0 Å². The molecule has 1 fully saturated rings. The van der Waals surface area contributed by atoms with E-state index in [1.54, 1.807) is 14.2 Å². The lowest BCUT2D eigenvalue weighted by molar-refractivity contribution is -0.133. The van der Waals surface area contributed by atoms with E-state index in [0.29, 0.717) is 13.2 Å². The van der Waals surface area contributed by atoms with Gasteiger partial charge in [-0.25, -0.2) is 0 Å². The Kier molecular flexibility index (Phi) is 8.42. The minimum Gasteiger partial charge on any atom is -0.493 e. The molecule has 28 heavy (non-hydrogen) atoms. The van der Waals surface area contributed by atoms with E-state index in [2.05, 4.69) is 22.5 Å². The summed E-state index contributed by atoms with van der Waals surface area (Å²) in [6.07, 6.45) is 1.88. The molecule has 1 unspecified atom stereocenters. The first-order valence-electron chi connectivity index (χ1n) is 10.0. The van der Waals surface area contributed by atoms with Crippen LogP contribution in [0.4, 0.5) is 0 Å². The number of carbonyl (C=O) groups excluding carboxylic acids is 1. The van der Waals surface area contributed by atoms with Crippen molar-refractivity contribution in [2.45, 2.75) is 46.2 Å². The van der Waals surface area contributed by atoms with Gasteiger partial charge in [0.15, 0.2) is 17.5 Å². The van der Waals surface area contributed by atoms with Gasteiger partial charge >= 0.3 is 0 Å². The Bertz CT molecular complexity index is 676. The zero-order chi connectivity index (χ0) is 20.5. The van der Waals surface area contributed by atoms with Crippen LogP contribution in [0.1, 0.15) is 39.2 Å². The van der Waals surface area contributed by atoms with Gasteiger partial charge in [-0.2, -0.15) is 0 Å². The summed E-state index contributed by atoms with van der Waals surface area (Å²) in [5.74, 6) is 2.47. The number of hydrogen-bond donors (Lipinski definition) is 2. The lowest BCUT2D eigenvalue weighted by Gasteiger charge is -2.20. The average Bonchev–Trinajstić information content (AvgIpc) is 3.17. The molecule has 0 aliphatic carbocycles. The smallest absolute Gasteiger partial charge is 0.225 e. The quantitative estimate of drug-likeness (QED) is 0.527. The third kappa shape index (κ3) is 6.04. The van der Waals surface area contributed by atoms with Crippen LogP contribution >= 0.6 is 0 Å². The second-order valence-electron chi connectivity index (χ2n) is 7.33. The van der Waals surface area contributed by atoms with Gasteiger partial charge in [0.1, 0.15) is 0 Å². The Labute approximate surface area is 168 Å². The van der Waals surface area contributed by atoms with Crippen molar-refractivity contribution < 1.29 is 14.3 Å². The molecular formula is C21H34N4O3. The van der Waals surface area contributed by atoms with Crippen molar-refractivity contribution in [1.29, 1.82) is 0 Å². The van der Waals surface area contributed by atoms with Gasteiger partial charge in [-0.05, 0) is 30.5 Å². The summed E-state index contributed by atoms with van der Waals surface area (Å²) in [5, 5.41) is 6.75. The van der Waals surface area contributed by atoms with Gasteiger partial charge in [-0.15, -0.1) is 0 Å². The Morgan fingerprint density at radius 1 is 1.36 bits per heavy atom. The highest BCUT2D eigenvalue weighted by molar-refractivity contribution is 5.81. The molecule has 0 spiro atoms. The first-order chi connectivity index (χ1) is 13.5. The topological polar surface area (TPSA) is 75.2 Å². The lowest BCUT2D eigenvalue weighted by Crippen LogP contribution is -2.45. The zero-order valence-corrected chi connectivity index (χ0v) is 17.7. The molecule has 2 N–H and O–H groups in total. The number of nitrogens with one attached hydrogen (secondary N) is 2. The van der Waals surface area contributed by atoms with E-state index in [1.165, 1.54) is 0 Å². The van der Waals surface area contributed by atoms with Gasteiger partial charge in [0.05, 0.1) is 13.7 Å². The Hall–Kier alpha value is -2.44. The van der Waals surface area contributed by atoms with Crippen LogP contribution in [0.3, 0.4) is 0 Å². The van der Waals surface area contributed by atoms with Crippen LogP contribution in [-0.2, 0) is 11.3 Å². The van der Waals surface area contributed by atoms with Gasteiger partial charge < -0.3 is 25.0 Å². The summed E-state index contributed by atoms with van der Waals surface area (Å²) in [6, 6.07) is 6.15. The van der Waals surface area contributed by atoms with Crippen LogP contribution in [0.25, 0.3) is 0 Å². The summed E-state index contributed by atoms with van der Waals surface area (Å²) in [5.41, 5.74) is 1.08. The predicted octanol–water partition coefficient (Wildman–Crippen LogP) is 2.41. The largest absolute Gasteiger partial charge is 0.493 e. The molecule has 0 aromatic heterocycles. The molecule has 1 aliphatic rings. The highest BCUT2D eigenvalue weighted by Gasteiger charge is 2.27. The molecule has 156 valence electrons. The molecule has 0 saturated carbocycles. The minimum atomic E-state index is 0.0374. The summed E-state index contributed by atoms with van der Waals surface area (Å²) in [7, 11) is 3.40. The van der Waals surface area contributed by atoms with Crippen LogP contribution in [0.2, 0.25) is 0 Å². The number of hydrogen-bond acceptors (Lipinski definition) is 4. The highest BCUT2D eigenvalue weighted by atomic mass is 16.5. The number of aliphatic imine (C=N–C) groups is 1. The Morgan fingerprint density at radius 2 is 2.14 bits per heavy atom. The lowest BCUT2D eigenvalue weighted by atomic mass is 10.2. The molecule has 1 heterocycles. The van der Waals surface area contributed by atoms with E-state index >= 15 is 0 Å². The molecule has 1 saturated heterocycles. The third-order valence-corrected chi connectivity index (χ3v) is 4.71. The van der Waals surface area contributed by atoms with E-state index in [9.17, 15) is 4.79 Å².